The molecular weight excluding hydrogens is 351 g/mol. The molecule has 0 rings (SSSR count). The summed E-state index contributed by atoms with van der Waals surface area (Å²) in [4.78, 5) is 25.4. The van der Waals surface area contributed by atoms with Crippen molar-refractivity contribution < 1.29 is 193 Å². The van der Waals surface area contributed by atoms with E-state index in [2.05, 4.69) is 0 Å². The fourth-order valence-electron chi connectivity index (χ4n) is 0. The Balaban J connectivity index is -0.0000000267. The second-order valence-electron chi connectivity index (χ2n) is 0.481. The number of rotatable bonds is 0. The Morgan fingerprint density at radius 3 is 0.875 bits per heavy atom. The molecule has 0 N–H and O–H groups in total. The molecule has 0 radical (unpaired) electrons. The van der Waals surface area contributed by atoms with Crippen molar-refractivity contribution in [3.63, 3.8) is 0 Å². The molecule has 0 aromatic carbocycles. The second kappa shape index (κ2) is 12.4. The molecule has 0 aliphatic rings. The SMILES string of the molecule is [O-][Si]([O-])([O-])F.[Rb+].[Rb+].[Rb+]. The van der Waals surface area contributed by atoms with Crippen molar-refractivity contribution in [3.05, 3.63) is 0 Å². The fraction of sp³-hybridized carbons (Fsp3) is 0. The summed E-state index contributed by atoms with van der Waals surface area (Å²) < 4.78 is 10.2. The molecule has 0 saturated heterocycles. The zero-order valence-electron chi connectivity index (χ0n) is 5.10. The molecular formula is FO3Rb3Si. The zero-order valence-corrected chi connectivity index (χ0v) is 20.9. The van der Waals surface area contributed by atoms with E-state index < -0.39 is 9.14 Å². The van der Waals surface area contributed by atoms with Crippen molar-refractivity contribution >= 4 is 9.14 Å². The van der Waals surface area contributed by atoms with E-state index in [9.17, 15) is 4.11 Å². The van der Waals surface area contributed by atoms with Gasteiger partial charge in [0, 0.05) is 0 Å². The molecule has 8 heteroatoms. The predicted octanol–water partition coefficient (Wildman–Crippen LogP) is -12.5. The maximum Gasteiger partial charge on any atom is 1.00 e. The van der Waals surface area contributed by atoms with Crippen molar-refractivity contribution in [2.45, 2.75) is 0 Å². The minimum Gasteiger partial charge on any atom is -0.857 e. The molecule has 0 spiro atoms. The molecule has 0 amide bonds. The largest absolute Gasteiger partial charge is 1.00 e. The van der Waals surface area contributed by atoms with E-state index in [1.807, 2.05) is 0 Å². The van der Waals surface area contributed by atoms with Gasteiger partial charge in [0.25, 0.3) is 0 Å². The zero-order chi connectivity index (χ0) is 4.50. The van der Waals surface area contributed by atoms with Crippen LogP contribution < -0.4 is 189 Å². The fourth-order valence-corrected chi connectivity index (χ4v) is 0. The van der Waals surface area contributed by atoms with Crippen LogP contribution in [0.2, 0.25) is 0 Å². The summed E-state index contributed by atoms with van der Waals surface area (Å²) in [6.45, 7) is 0. The summed E-state index contributed by atoms with van der Waals surface area (Å²) in [5, 5.41) is 0. The molecule has 0 aromatic rings. The van der Waals surface area contributed by atoms with Gasteiger partial charge in [0.15, 0.2) is 0 Å². The average Bonchev–Trinajstić information content (AvgIpc) is 0.722. The minimum absolute atomic E-state index is 0. The molecule has 0 fully saturated rings. The van der Waals surface area contributed by atoms with Crippen molar-refractivity contribution in [3.8, 4) is 0 Å². The van der Waals surface area contributed by atoms with E-state index in [1.54, 1.807) is 0 Å². The molecule has 32 valence electrons. The van der Waals surface area contributed by atoms with Crippen LogP contribution in [0.5, 0.6) is 0 Å². The first-order valence-electron chi connectivity index (χ1n) is 0.801. The summed E-state index contributed by atoms with van der Waals surface area (Å²) in [7, 11) is -5.86. The Morgan fingerprint density at radius 1 is 0.875 bits per heavy atom. The molecule has 0 saturated carbocycles. The summed E-state index contributed by atoms with van der Waals surface area (Å²) in [5.41, 5.74) is 0. The second-order valence-corrected chi connectivity index (χ2v) is 1.44. The van der Waals surface area contributed by atoms with Gasteiger partial charge in [-0.25, -0.2) is 0 Å². The van der Waals surface area contributed by atoms with Crippen molar-refractivity contribution in [2.75, 3.05) is 0 Å². The van der Waals surface area contributed by atoms with E-state index in [0.29, 0.717) is 0 Å². The van der Waals surface area contributed by atoms with Crippen LogP contribution in [0.15, 0.2) is 0 Å². The molecule has 0 unspecified atom stereocenters. The van der Waals surface area contributed by atoms with Gasteiger partial charge in [0.05, 0.1) is 0 Å². The van der Waals surface area contributed by atoms with Gasteiger partial charge in [-0.05, 0) is 0 Å². The van der Waals surface area contributed by atoms with Crippen LogP contribution in [0.1, 0.15) is 0 Å². The number of halogens is 1. The van der Waals surface area contributed by atoms with Gasteiger partial charge in [0.1, 0.15) is 0 Å². The van der Waals surface area contributed by atoms with Crippen LogP contribution >= 0.6 is 0 Å². The van der Waals surface area contributed by atoms with Crippen LogP contribution in [-0.4, -0.2) is 9.14 Å². The normalized spacial score (nSPS) is 7.50. The van der Waals surface area contributed by atoms with E-state index >= 15 is 0 Å². The van der Waals surface area contributed by atoms with Gasteiger partial charge < -0.3 is 18.5 Å². The van der Waals surface area contributed by atoms with Gasteiger partial charge in [-0.2, -0.15) is 0 Å². The van der Waals surface area contributed by atoms with Crippen LogP contribution in [-0.2, 0) is 0 Å². The van der Waals surface area contributed by atoms with Crippen molar-refractivity contribution in [1.82, 2.24) is 0 Å². The molecule has 8 heavy (non-hydrogen) atoms. The molecule has 3 nitrogen and oxygen atoms in total. The molecule has 0 aliphatic carbocycles. The monoisotopic (exact) mass is 350 g/mol. The third-order valence-electron chi connectivity index (χ3n) is 0. The summed E-state index contributed by atoms with van der Waals surface area (Å²) in [5.74, 6) is 0. The first-order valence-corrected chi connectivity index (χ1v) is 2.40. The number of hydrogen-bond acceptors (Lipinski definition) is 3. The van der Waals surface area contributed by atoms with E-state index in [4.69, 9.17) is 14.4 Å². The predicted molar refractivity (Wildman–Crippen MR) is 6.86 cm³/mol. The van der Waals surface area contributed by atoms with Crippen molar-refractivity contribution in [2.24, 2.45) is 0 Å². The Kier molecular flexibility index (Phi) is 36.3. The molecule has 0 atom stereocenters. The number of hydrogen-bond donors (Lipinski definition) is 0. The topological polar surface area (TPSA) is 69.2 Å². The quantitative estimate of drug-likeness (QED) is 0.322. The van der Waals surface area contributed by atoms with Crippen LogP contribution in [0.3, 0.4) is 0 Å². The molecule has 0 aromatic heterocycles. The summed E-state index contributed by atoms with van der Waals surface area (Å²) in [6.07, 6.45) is 0. The first-order chi connectivity index (χ1) is 2.00. The van der Waals surface area contributed by atoms with E-state index in [0.717, 1.165) is 0 Å². The Labute approximate surface area is 195 Å². The van der Waals surface area contributed by atoms with Crippen molar-refractivity contribution in [1.29, 1.82) is 0 Å². The van der Waals surface area contributed by atoms with E-state index in [-0.39, 0.29) is 175 Å². The summed E-state index contributed by atoms with van der Waals surface area (Å²) >= 11 is 0. The van der Waals surface area contributed by atoms with Gasteiger partial charge in [-0.1, -0.05) is 9.14 Å². The van der Waals surface area contributed by atoms with Gasteiger partial charge in [-0.15, -0.1) is 0 Å². The average molecular weight is 351 g/mol. The minimum atomic E-state index is -5.86. The smallest absolute Gasteiger partial charge is 0.857 e. The third-order valence-corrected chi connectivity index (χ3v) is 0. The Bertz CT molecular complexity index is 30.0. The summed E-state index contributed by atoms with van der Waals surface area (Å²) in [6, 6.07) is 0. The van der Waals surface area contributed by atoms with E-state index in [1.165, 1.54) is 0 Å². The molecule has 0 bridgehead atoms. The Morgan fingerprint density at radius 2 is 0.875 bits per heavy atom. The molecule has 0 heterocycles. The first kappa shape index (κ1) is 23.3. The van der Waals surface area contributed by atoms with Gasteiger partial charge >= 0.3 is 175 Å². The van der Waals surface area contributed by atoms with Gasteiger partial charge in [0.2, 0.25) is 0 Å². The van der Waals surface area contributed by atoms with Crippen LogP contribution in [0.25, 0.3) is 0 Å². The third kappa shape index (κ3) is 42.1. The van der Waals surface area contributed by atoms with Gasteiger partial charge in [-0.3, -0.25) is 0 Å². The maximum absolute atomic E-state index is 10.2. The molecule has 0 aliphatic heterocycles. The Hall–Kier alpha value is 5.44. The van der Waals surface area contributed by atoms with Crippen LogP contribution in [0.4, 0.5) is 4.11 Å². The van der Waals surface area contributed by atoms with Crippen LogP contribution in [0, 0.1) is 0 Å². The maximum atomic E-state index is 10.2. The standard InChI is InChI=1S/FO3Si.3Rb/c1-5(2,3)4;;;/q-3;3*+1.